The highest BCUT2D eigenvalue weighted by molar-refractivity contribution is 7.92. The van der Waals surface area contributed by atoms with Crippen molar-refractivity contribution < 1.29 is 18.0 Å². The third kappa shape index (κ3) is 5.37. The number of rotatable bonds is 6. The van der Waals surface area contributed by atoms with E-state index < -0.39 is 15.9 Å². The zero-order valence-electron chi connectivity index (χ0n) is 15.8. The van der Waals surface area contributed by atoms with Crippen molar-refractivity contribution in [2.45, 2.75) is 11.8 Å². The number of amides is 2. The van der Waals surface area contributed by atoms with E-state index in [1.165, 1.54) is 43.3 Å². The van der Waals surface area contributed by atoms with E-state index in [2.05, 4.69) is 15.4 Å². The largest absolute Gasteiger partial charge is 0.326 e. The van der Waals surface area contributed by atoms with Gasteiger partial charge in [-0.3, -0.25) is 14.3 Å². The van der Waals surface area contributed by atoms with E-state index in [1.54, 1.807) is 36.4 Å². The molecule has 0 bridgehead atoms. The molecule has 0 aromatic heterocycles. The summed E-state index contributed by atoms with van der Waals surface area (Å²) in [5, 5.41) is 5.60. The van der Waals surface area contributed by atoms with Crippen molar-refractivity contribution in [2.24, 2.45) is 0 Å². The van der Waals surface area contributed by atoms with Crippen molar-refractivity contribution >= 4 is 50.5 Å². The van der Waals surface area contributed by atoms with E-state index in [4.69, 9.17) is 11.6 Å². The van der Waals surface area contributed by atoms with Gasteiger partial charge in [-0.05, 0) is 54.6 Å². The molecule has 30 heavy (non-hydrogen) atoms. The molecule has 3 aromatic rings. The second-order valence-electron chi connectivity index (χ2n) is 6.33. The highest BCUT2D eigenvalue weighted by atomic mass is 35.5. The summed E-state index contributed by atoms with van der Waals surface area (Å²) in [4.78, 5) is 23.9. The number of nitrogens with one attached hydrogen (secondary N) is 3. The van der Waals surface area contributed by atoms with Crippen molar-refractivity contribution in [3.63, 3.8) is 0 Å². The van der Waals surface area contributed by atoms with E-state index in [0.29, 0.717) is 27.6 Å². The number of anilines is 3. The minimum Gasteiger partial charge on any atom is -0.326 e. The summed E-state index contributed by atoms with van der Waals surface area (Å²) in [5.74, 6) is -0.683. The first-order valence-electron chi connectivity index (χ1n) is 8.81. The van der Waals surface area contributed by atoms with Crippen LogP contribution >= 0.6 is 11.6 Å². The Kier molecular flexibility index (Phi) is 6.39. The Labute approximate surface area is 179 Å². The topological polar surface area (TPSA) is 104 Å². The summed E-state index contributed by atoms with van der Waals surface area (Å²) >= 11 is 6.12. The molecule has 154 valence electrons. The molecule has 0 fully saturated rings. The van der Waals surface area contributed by atoms with Gasteiger partial charge in [0.05, 0.1) is 15.6 Å². The first-order valence-corrected chi connectivity index (χ1v) is 10.7. The van der Waals surface area contributed by atoms with E-state index in [-0.39, 0.29) is 10.8 Å². The van der Waals surface area contributed by atoms with Gasteiger partial charge in [-0.15, -0.1) is 0 Å². The van der Waals surface area contributed by atoms with E-state index in [0.717, 1.165) is 0 Å². The Morgan fingerprint density at radius 3 is 2.10 bits per heavy atom. The highest BCUT2D eigenvalue weighted by Gasteiger charge is 2.14. The number of halogens is 1. The van der Waals surface area contributed by atoms with Crippen LogP contribution in [0.25, 0.3) is 0 Å². The molecule has 3 N–H and O–H groups in total. The van der Waals surface area contributed by atoms with Crippen LogP contribution in [0.15, 0.2) is 77.7 Å². The number of carbonyl (C=O) groups is 2. The average molecular weight is 444 g/mol. The van der Waals surface area contributed by atoms with Crippen LogP contribution in [-0.2, 0) is 14.8 Å². The maximum absolute atomic E-state index is 12.5. The Morgan fingerprint density at radius 1 is 0.833 bits per heavy atom. The van der Waals surface area contributed by atoms with Crippen LogP contribution in [0.5, 0.6) is 0 Å². The molecule has 9 heteroatoms. The second-order valence-corrected chi connectivity index (χ2v) is 8.42. The monoisotopic (exact) mass is 443 g/mol. The zero-order chi connectivity index (χ0) is 21.7. The smallest absolute Gasteiger partial charge is 0.261 e. The van der Waals surface area contributed by atoms with Gasteiger partial charge in [0.1, 0.15) is 0 Å². The second kappa shape index (κ2) is 8.98. The molecule has 0 saturated heterocycles. The standard InChI is InChI=1S/C21H18ClN3O4S/c1-14(26)23-17-11-12-19(22)20(13-17)24-21(27)15-7-9-16(10-8-15)25-30(28,29)18-5-3-2-4-6-18/h2-13,25H,1H3,(H,23,26)(H,24,27). The Bertz CT molecular complexity index is 1180. The fourth-order valence-electron chi connectivity index (χ4n) is 2.60. The van der Waals surface area contributed by atoms with Crippen molar-refractivity contribution in [3.8, 4) is 0 Å². The van der Waals surface area contributed by atoms with Gasteiger partial charge in [0.15, 0.2) is 0 Å². The first kappa shape index (κ1) is 21.4. The molecule has 3 aromatic carbocycles. The van der Waals surface area contributed by atoms with E-state index >= 15 is 0 Å². The van der Waals surface area contributed by atoms with Gasteiger partial charge >= 0.3 is 0 Å². The number of sulfonamides is 1. The van der Waals surface area contributed by atoms with E-state index in [1.807, 2.05) is 0 Å². The van der Waals surface area contributed by atoms with Gasteiger partial charge in [0, 0.05) is 23.9 Å². The normalized spacial score (nSPS) is 10.9. The van der Waals surface area contributed by atoms with Crippen molar-refractivity contribution in [1.82, 2.24) is 0 Å². The Balaban J connectivity index is 1.72. The fraction of sp³-hybridized carbons (Fsp3) is 0.0476. The molecule has 0 unspecified atom stereocenters. The van der Waals surface area contributed by atoms with Crippen LogP contribution < -0.4 is 15.4 Å². The first-order chi connectivity index (χ1) is 14.2. The van der Waals surface area contributed by atoms with Crippen molar-refractivity contribution in [3.05, 3.63) is 83.4 Å². The molecule has 0 aliphatic rings. The maximum Gasteiger partial charge on any atom is 0.261 e. The van der Waals surface area contributed by atoms with Crippen LogP contribution in [0.1, 0.15) is 17.3 Å². The average Bonchev–Trinajstić information content (AvgIpc) is 2.71. The van der Waals surface area contributed by atoms with Gasteiger partial charge in [0.2, 0.25) is 5.91 Å². The van der Waals surface area contributed by atoms with Gasteiger partial charge in [-0.1, -0.05) is 29.8 Å². The van der Waals surface area contributed by atoms with Crippen LogP contribution in [0.4, 0.5) is 17.1 Å². The van der Waals surface area contributed by atoms with Gasteiger partial charge < -0.3 is 10.6 Å². The molecule has 3 rings (SSSR count). The molecule has 0 radical (unpaired) electrons. The Hall–Kier alpha value is -3.36. The SMILES string of the molecule is CC(=O)Nc1ccc(Cl)c(NC(=O)c2ccc(NS(=O)(=O)c3ccccc3)cc2)c1. The summed E-state index contributed by atoms with van der Waals surface area (Å²) in [6.45, 7) is 1.38. The third-order valence-corrected chi connectivity index (χ3v) is 5.71. The molecule has 0 aliphatic carbocycles. The highest BCUT2D eigenvalue weighted by Crippen LogP contribution is 2.26. The summed E-state index contributed by atoms with van der Waals surface area (Å²) < 4.78 is 27.2. The number of hydrogen-bond donors (Lipinski definition) is 3. The summed E-state index contributed by atoms with van der Waals surface area (Å²) in [6.07, 6.45) is 0. The molecule has 0 heterocycles. The molecule has 2 amide bonds. The van der Waals surface area contributed by atoms with Gasteiger partial charge in [-0.25, -0.2) is 8.42 Å². The van der Waals surface area contributed by atoms with E-state index in [9.17, 15) is 18.0 Å². The van der Waals surface area contributed by atoms with Gasteiger partial charge in [-0.2, -0.15) is 0 Å². The minimum atomic E-state index is -3.72. The fourth-order valence-corrected chi connectivity index (χ4v) is 3.84. The number of hydrogen-bond acceptors (Lipinski definition) is 4. The summed E-state index contributed by atoms with van der Waals surface area (Å²) in [6, 6.07) is 18.7. The Morgan fingerprint density at radius 2 is 1.47 bits per heavy atom. The molecule has 7 nitrogen and oxygen atoms in total. The predicted molar refractivity (Wildman–Crippen MR) is 117 cm³/mol. The quantitative estimate of drug-likeness (QED) is 0.526. The maximum atomic E-state index is 12.5. The summed E-state index contributed by atoms with van der Waals surface area (Å²) in [5.41, 5.74) is 1.45. The number of carbonyl (C=O) groups excluding carboxylic acids is 2. The summed E-state index contributed by atoms with van der Waals surface area (Å²) in [7, 11) is -3.72. The zero-order valence-corrected chi connectivity index (χ0v) is 17.4. The van der Waals surface area contributed by atoms with Gasteiger partial charge in [0.25, 0.3) is 15.9 Å². The van der Waals surface area contributed by atoms with Crippen LogP contribution in [-0.4, -0.2) is 20.2 Å². The molecular formula is C21H18ClN3O4S. The van der Waals surface area contributed by atoms with Crippen LogP contribution in [0.3, 0.4) is 0 Å². The lowest BCUT2D eigenvalue weighted by Crippen LogP contribution is -2.14. The lowest BCUT2D eigenvalue weighted by molar-refractivity contribution is -0.114. The minimum absolute atomic E-state index is 0.139. The van der Waals surface area contributed by atoms with Crippen LogP contribution in [0.2, 0.25) is 5.02 Å². The molecule has 0 aliphatic heterocycles. The lowest BCUT2D eigenvalue weighted by atomic mass is 10.2. The lowest BCUT2D eigenvalue weighted by Gasteiger charge is -2.11. The van der Waals surface area contributed by atoms with Crippen molar-refractivity contribution in [2.75, 3.05) is 15.4 Å². The molecule has 0 saturated carbocycles. The number of benzene rings is 3. The molecular weight excluding hydrogens is 426 g/mol. The third-order valence-electron chi connectivity index (χ3n) is 3.99. The predicted octanol–water partition coefficient (Wildman–Crippen LogP) is 4.35. The molecule has 0 spiro atoms. The van der Waals surface area contributed by atoms with Crippen LogP contribution in [0, 0.1) is 0 Å². The van der Waals surface area contributed by atoms with Crippen molar-refractivity contribution in [1.29, 1.82) is 0 Å². The molecule has 0 atom stereocenters.